The van der Waals surface area contributed by atoms with Gasteiger partial charge < -0.3 is 9.88 Å². The first-order valence-corrected chi connectivity index (χ1v) is 6.08. The van der Waals surface area contributed by atoms with Gasteiger partial charge in [0.15, 0.2) is 0 Å². The van der Waals surface area contributed by atoms with Crippen LogP contribution in [0.15, 0.2) is 24.3 Å². The predicted molar refractivity (Wildman–Crippen MR) is 79.9 cm³/mol. The van der Waals surface area contributed by atoms with Gasteiger partial charge in [-0.05, 0) is 38.4 Å². The topological polar surface area (TPSA) is 29.9 Å². The fraction of sp³-hybridized carbons (Fsp3) is 0.462. The third-order valence-electron chi connectivity index (χ3n) is 3.37. The van der Waals surface area contributed by atoms with Crippen LogP contribution in [0.5, 0.6) is 0 Å². The van der Waals surface area contributed by atoms with Gasteiger partial charge in [-0.25, -0.2) is 4.98 Å². The van der Waals surface area contributed by atoms with Crippen LogP contribution < -0.4 is 5.32 Å². The molecule has 0 bridgehead atoms. The maximum absolute atomic E-state index is 4.77. The Morgan fingerprint density at radius 1 is 1.33 bits per heavy atom. The summed E-state index contributed by atoms with van der Waals surface area (Å²) in [6.45, 7) is 4.30. The van der Waals surface area contributed by atoms with Gasteiger partial charge in [0.2, 0.25) is 0 Å². The fourth-order valence-electron chi connectivity index (χ4n) is 2.60. The largest absolute Gasteiger partial charge is 0.327 e. The highest BCUT2D eigenvalue weighted by molar-refractivity contribution is 5.85. The molecule has 3 rings (SSSR count). The minimum atomic E-state index is 0. The van der Waals surface area contributed by atoms with E-state index in [4.69, 9.17) is 4.98 Å². The van der Waals surface area contributed by atoms with Crippen molar-refractivity contribution in [1.82, 2.24) is 14.9 Å². The van der Waals surface area contributed by atoms with Gasteiger partial charge in [0, 0.05) is 6.54 Å². The highest BCUT2D eigenvalue weighted by atomic mass is 35.5. The highest BCUT2D eigenvalue weighted by Crippen LogP contribution is 2.26. The molecule has 0 saturated carbocycles. The maximum atomic E-state index is 4.77. The highest BCUT2D eigenvalue weighted by Gasteiger charge is 2.22. The zero-order valence-electron chi connectivity index (χ0n) is 10.4. The zero-order chi connectivity index (χ0) is 11.0. The van der Waals surface area contributed by atoms with Crippen LogP contribution >= 0.6 is 24.8 Å². The molecule has 0 spiro atoms. The Labute approximate surface area is 120 Å². The zero-order valence-corrected chi connectivity index (χ0v) is 12.1. The third-order valence-corrected chi connectivity index (χ3v) is 3.37. The molecule has 0 aliphatic carbocycles. The maximum Gasteiger partial charge on any atom is 0.127 e. The van der Waals surface area contributed by atoms with Gasteiger partial charge in [-0.1, -0.05) is 12.1 Å². The second-order valence-corrected chi connectivity index (χ2v) is 4.35. The van der Waals surface area contributed by atoms with E-state index in [9.17, 15) is 0 Å². The summed E-state index contributed by atoms with van der Waals surface area (Å²) >= 11 is 0. The number of halogens is 2. The summed E-state index contributed by atoms with van der Waals surface area (Å²) in [7, 11) is 0. The Balaban J connectivity index is 0.000000810. The van der Waals surface area contributed by atoms with Crippen molar-refractivity contribution < 1.29 is 0 Å². The summed E-state index contributed by atoms with van der Waals surface area (Å²) in [6, 6.07) is 8.85. The number of hydrogen-bond donors (Lipinski definition) is 1. The van der Waals surface area contributed by atoms with Crippen LogP contribution in [-0.2, 0) is 6.54 Å². The standard InChI is InChI=1S/C13H17N3.2ClH/c1-2-16-12-8-4-3-6-10(12)15-13(16)11-7-5-9-14-11;;/h3-4,6,8,11,14H,2,5,7,9H2,1H3;2*1H. The van der Waals surface area contributed by atoms with Gasteiger partial charge >= 0.3 is 0 Å². The number of rotatable bonds is 2. The molecule has 1 unspecified atom stereocenters. The van der Waals surface area contributed by atoms with E-state index in [1.54, 1.807) is 0 Å². The van der Waals surface area contributed by atoms with E-state index in [1.165, 1.54) is 24.2 Å². The Kier molecular flexibility index (Phi) is 5.45. The predicted octanol–water partition coefficient (Wildman–Crippen LogP) is 3.32. The number of hydrogen-bond acceptors (Lipinski definition) is 2. The summed E-state index contributed by atoms with van der Waals surface area (Å²) in [5, 5.41) is 3.53. The van der Waals surface area contributed by atoms with E-state index >= 15 is 0 Å². The second kappa shape index (κ2) is 6.41. The number of aryl methyl sites for hydroxylation is 1. The smallest absolute Gasteiger partial charge is 0.127 e. The summed E-state index contributed by atoms with van der Waals surface area (Å²) in [5.41, 5.74) is 2.38. The molecule has 1 aromatic carbocycles. The van der Waals surface area contributed by atoms with Crippen LogP contribution in [0.4, 0.5) is 0 Å². The number of aromatic nitrogens is 2. The summed E-state index contributed by atoms with van der Waals surface area (Å²) in [5.74, 6) is 1.21. The normalized spacial score (nSPS) is 18.4. The van der Waals surface area contributed by atoms with Crippen LogP contribution in [0.25, 0.3) is 11.0 Å². The van der Waals surface area contributed by atoms with Crippen molar-refractivity contribution in [3.05, 3.63) is 30.1 Å². The van der Waals surface area contributed by atoms with Gasteiger partial charge in [-0.15, -0.1) is 24.8 Å². The van der Waals surface area contributed by atoms with Crippen LogP contribution in [0.1, 0.15) is 31.6 Å². The molecule has 1 aliphatic rings. The monoisotopic (exact) mass is 287 g/mol. The molecule has 1 aliphatic heterocycles. The van der Waals surface area contributed by atoms with Gasteiger partial charge in [-0.3, -0.25) is 0 Å². The number of nitrogens with one attached hydrogen (secondary N) is 1. The van der Waals surface area contributed by atoms with E-state index in [-0.39, 0.29) is 24.8 Å². The lowest BCUT2D eigenvalue weighted by molar-refractivity contribution is 0.565. The van der Waals surface area contributed by atoms with Gasteiger partial charge in [0.25, 0.3) is 0 Å². The third kappa shape index (κ3) is 2.48. The average Bonchev–Trinajstić information content (AvgIpc) is 2.95. The van der Waals surface area contributed by atoms with E-state index < -0.39 is 0 Å². The van der Waals surface area contributed by atoms with Crippen LogP contribution in [0.2, 0.25) is 0 Å². The van der Waals surface area contributed by atoms with Crippen molar-refractivity contribution in [3.8, 4) is 0 Å². The first-order chi connectivity index (χ1) is 7.90. The van der Waals surface area contributed by atoms with Crippen molar-refractivity contribution in [2.75, 3.05) is 6.54 Å². The van der Waals surface area contributed by atoms with Gasteiger partial charge in [-0.2, -0.15) is 0 Å². The Hall–Kier alpha value is -0.770. The van der Waals surface area contributed by atoms with Crippen molar-refractivity contribution in [2.45, 2.75) is 32.4 Å². The molecule has 1 atom stereocenters. The van der Waals surface area contributed by atoms with Gasteiger partial charge in [0.05, 0.1) is 17.1 Å². The molecule has 2 heterocycles. The second-order valence-electron chi connectivity index (χ2n) is 4.35. The lowest BCUT2D eigenvalue weighted by Crippen LogP contribution is -2.17. The van der Waals surface area contributed by atoms with Crippen LogP contribution in [0.3, 0.4) is 0 Å². The van der Waals surface area contributed by atoms with Crippen molar-refractivity contribution in [3.63, 3.8) is 0 Å². The Morgan fingerprint density at radius 2 is 2.11 bits per heavy atom. The van der Waals surface area contributed by atoms with E-state index in [0.29, 0.717) is 6.04 Å². The molecule has 1 fully saturated rings. The minimum Gasteiger partial charge on any atom is -0.327 e. The first kappa shape index (κ1) is 15.3. The summed E-state index contributed by atoms with van der Waals surface area (Å²) in [6.07, 6.45) is 2.47. The Morgan fingerprint density at radius 3 is 2.78 bits per heavy atom. The molecule has 1 saturated heterocycles. The average molecular weight is 288 g/mol. The number of benzene rings is 1. The molecular weight excluding hydrogens is 269 g/mol. The molecule has 0 amide bonds. The van der Waals surface area contributed by atoms with Gasteiger partial charge in [0.1, 0.15) is 5.82 Å². The van der Waals surface area contributed by atoms with E-state index in [0.717, 1.165) is 18.6 Å². The fourth-order valence-corrected chi connectivity index (χ4v) is 2.60. The lowest BCUT2D eigenvalue weighted by atomic mass is 10.2. The minimum absolute atomic E-state index is 0. The summed E-state index contributed by atoms with van der Waals surface area (Å²) in [4.78, 5) is 4.77. The first-order valence-electron chi connectivity index (χ1n) is 6.08. The van der Waals surface area contributed by atoms with Crippen molar-refractivity contribution in [1.29, 1.82) is 0 Å². The van der Waals surface area contributed by atoms with Crippen molar-refractivity contribution >= 4 is 35.8 Å². The van der Waals surface area contributed by atoms with Crippen molar-refractivity contribution in [2.24, 2.45) is 0 Å². The number of fused-ring (bicyclic) bond motifs is 1. The molecular formula is C13H19Cl2N3. The number of nitrogens with zero attached hydrogens (tertiary/aromatic N) is 2. The Bertz CT molecular complexity index is 504. The van der Waals surface area contributed by atoms with Crippen LogP contribution in [-0.4, -0.2) is 16.1 Å². The molecule has 1 aromatic heterocycles. The van der Waals surface area contributed by atoms with E-state index in [1.807, 2.05) is 0 Å². The lowest BCUT2D eigenvalue weighted by Gasteiger charge is -2.12. The SMILES string of the molecule is CCn1c(C2CCCN2)nc2ccccc21.Cl.Cl. The van der Waals surface area contributed by atoms with Crippen LogP contribution in [0, 0.1) is 0 Å². The van der Waals surface area contributed by atoms with E-state index in [2.05, 4.69) is 41.1 Å². The molecule has 2 aromatic rings. The number of imidazole rings is 1. The molecule has 5 heteroatoms. The summed E-state index contributed by atoms with van der Waals surface area (Å²) < 4.78 is 2.33. The quantitative estimate of drug-likeness (QED) is 0.918. The molecule has 18 heavy (non-hydrogen) atoms. The molecule has 100 valence electrons. The molecule has 0 radical (unpaired) electrons. The molecule has 3 nitrogen and oxygen atoms in total. The number of para-hydroxylation sites is 2. The molecule has 1 N–H and O–H groups in total.